The molecule has 110 valence electrons. The second-order valence-corrected chi connectivity index (χ2v) is 5.84. The monoisotopic (exact) mass is 303 g/mol. The van der Waals surface area contributed by atoms with E-state index in [0.717, 1.165) is 36.1 Å². The van der Waals surface area contributed by atoms with Crippen LogP contribution >= 0.6 is 11.8 Å². The molecule has 2 aromatic rings. The number of nitrogen functional groups attached to an aromatic ring is 2. The molecule has 7 nitrogen and oxygen atoms in total. The molecule has 1 aliphatic rings. The first-order valence-corrected chi connectivity index (χ1v) is 7.66. The maximum absolute atomic E-state index is 5.69. The Kier molecular flexibility index (Phi) is 3.78. The Labute approximate surface area is 127 Å². The van der Waals surface area contributed by atoms with Crippen LogP contribution < -0.4 is 16.8 Å². The number of nitrogens with two attached hydrogens (primary N) is 2. The van der Waals surface area contributed by atoms with Crippen LogP contribution in [0.2, 0.25) is 0 Å². The zero-order valence-electron chi connectivity index (χ0n) is 11.7. The summed E-state index contributed by atoms with van der Waals surface area (Å²) in [5, 5.41) is 4.52. The van der Waals surface area contributed by atoms with Crippen LogP contribution in [0.1, 0.15) is 31.5 Å². The van der Waals surface area contributed by atoms with Gasteiger partial charge in [0.2, 0.25) is 0 Å². The number of hydrogen-bond donors (Lipinski definition) is 3. The molecule has 0 unspecified atom stereocenters. The van der Waals surface area contributed by atoms with Gasteiger partial charge in [-0.05, 0) is 31.5 Å². The van der Waals surface area contributed by atoms with Crippen LogP contribution in [0.15, 0.2) is 22.3 Å². The van der Waals surface area contributed by atoms with Crippen molar-refractivity contribution in [1.29, 1.82) is 0 Å². The molecule has 21 heavy (non-hydrogen) atoms. The van der Waals surface area contributed by atoms with Crippen LogP contribution in [-0.2, 0) is 0 Å². The van der Waals surface area contributed by atoms with Crippen LogP contribution in [-0.4, -0.2) is 26.5 Å². The van der Waals surface area contributed by atoms with Crippen molar-refractivity contribution < 1.29 is 0 Å². The minimum Gasteiger partial charge on any atom is -0.383 e. The molecule has 2 heterocycles. The number of rotatable bonds is 5. The van der Waals surface area contributed by atoms with Crippen molar-refractivity contribution >= 4 is 29.2 Å². The molecule has 2 aromatic heterocycles. The third-order valence-electron chi connectivity index (χ3n) is 2.96. The highest BCUT2D eigenvalue weighted by Crippen LogP contribution is 2.39. The van der Waals surface area contributed by atoms with Crippen molar-refractivity contribution in [1.82, 2.24) is 19.9 Å². The first-order valence-electron chi connectivity index (χ1n) is 6.84. The molecular weight excluding hydrogens is 286 g/mol. The van der Waals surface area contributed by atoms with Crippen molar-refractivity contribution in [3.8, 4) is 0 Å². The van der Waals surface area contributed by atoms with Crippen LogP contribution in [0, 0.1) is 0 Å². The van der Waals surface area contributed by atoms with Gasteiger partial charge in [-0.15, -0.1) is 0 Å². The normalized spacial score (nSPS) is 14.1. The van der Waals surface area contributed by atoms with E-state index in [2.05, 4.69) is 25.3 Å². The largest absolute Gasteiger partial charge is 0.383 e. The number of aromatic nitrogens is 4. The predicted molar refractivity (Wildman–Crippen MR) is 83.2 cm³/mol. The smallest absolute Gasteiger partial charge is 0.197 e. The molecule has 0 amide bonds. The quantitative estimate of drug-likeness (QED) is 0.566. The summed E-state index contributed by atoms with van der Waals surface area (Å²) in [6.45, 7) is 2.85. The summed E-state index contributed by atoms with van der Waals surface area (Å²) in [6, 6.07) is 3.42. The maximum Gasteiger partial charge on any atom is 0.197 e. The lowest BCUT2D eigenvalue weighted by atomic mass is 10.4. The van der Waals surface area contributed by atoms with Gasteiger partial charge < -0.3 is 16.8 Å². The SMILES string of the molecule is CCNc1cc(Sc2nc(N)cc(N)n2)nc(C2CC2)n1. The molecule has 0 atom stereocenters. The standard InChI is InChI=1S/C13H17N7S/c1-2-16-10-6-11(20-12(19-10)7-3-4-7)21-13-17-8(14)5-9(15)18-13/h5-7H,2-4H2,1H3,(H,16,19,20)(H4,14,15,17,18). The van der Waals surface area contributed by atoms with E-state index in [1.807, 2.05) is 13.0 Å². The van der Waals surface area contributed by atoms with E-state index in [0.29, 0.717) is 22.7 Å². The molecule has 5 N–H and O–H groups in total. The fraction of sp³-hybridized carbons (Fsp3) is 0.385. The van der Waals surface area contributed by atoms with E-state index in [1.165, 1.54) is 17.8 Å². The Morgan fingerprint density at radius 2 is 1.86 bits per heavy atom. The Hall–Kier alpha value is -2.09. The van der Waals surface area contributed by atoms with Crippen molar-refractivity contribution in [2.75, 3.05) is 23.3 Å². The van der Waals surface area contributed by atoms with Crippen molar-refractivity contribution in [2.24, 2.45) is 0 Å². The molecule has 0 radical (unpaired) electrons. The Morgan fingerprint density at radius 1 is 1.14 bits per heavy atom. The minimum atomic E-state index is 0.355. The van der Waals surface area contributed by atoms with Gasteiger partial charge in [0.1, 0.15) is 28.3 Å². The minimum absolute atomic E-state index is 0.355. The molecule has 3 rings (SSSR count). The Morgan fingerprint density at radius 3 is 2.48 bits per heavy atom. The maximum atomic E-state index is 5.69. The number of nitrogens with one attached hydrogen (secondary N) is 1. The van der Waals surface area contributed by atoms with E-state index < -0.39 is 0 Å². The van der Waals surface area contributed by atoms with E-state index in [1.54, 1.807) is 0 Å². The molecule has 0 bridgehead atoms. The van der Waals surface area contributed by atoms with E-state index in [4.69, 9.17) is 11.5 Å². The number of hydrogen-bond acceptors (Lipinski definition) is 8. The van der Waals surface area contributed by atoms with Gasteiger partial charge in [0.15, 0.2) is 5.16 Å². The fourth-order valence-corrected chi connectivity index (χ4v) is 2.69. The van der Waals surface area contributed by atoms with Crippen molar-refractivity contribution in [3.63, 3.8) is 0 Å². The molecule has 0 aliphatic heterocycles. The summed E-state index contributed by atoms with van der Waals surface area (Å²) in [4.78, 5) is 17.4. The average molecular weight is 303 g/mol. The molecule has 1 fully saturated rings. The molecule has 1 aliphatic carbocycles. The Bertz CT molecular complexity index is 637. The van der Waals surface area contributed by atoms with E-state index >= 15 is 0 Å². The lowest BCUT2D eigenvalue weighted by Crippen LogP contribution is -2.04. The van der Waals surface area contributed by atoms with Crippen molar-refractivity contribution in [3.05, 3.63) is 18.0 Å². The second-order valence-electron chi connectivity index (χ2n) is 4.86. The van der Waals surface area contributed by atoms with Gasteiger partial charge in [-0.1, -0.05) is 0 Å². The zero-order chi connectivity index (χ0) is 14.8. The first kappa shape index (κ1) is 13.9. The van der Waals surface area contributed by atoms with Crippen molar-refractivity contribution in [2.45, 2.75) is 35.9 Å². The summed E-state index contributed by atoms with van der Waals surface area (Å²) in [7, 11) is 0. The lowest BCUT2D eigenvalue weighted by molar-refractivity contribution is 0.872. The average Bonchev–Trinajstić information content (AvgIpc) is 3.21. The summed E-state index contributed by atoms with van der Waals surface area (Å²) in [5.41, 5.74) is 11.4. The highest BCUT2D eigenvalue weighted by molar-refractivity contribution is 7.99. The first-order chi connectivity index (χ1) is 10.1. The van der Waals surface area contributed by atoms with Gasteiger partial charge in [0.25, 0.3) is 0 Å². The number of anilines is 3. The molecule has 0 aromatic carbocycles. The molecule has 0 saturated heterocycles. The van der Waals surface area contributed by atoms with Crippen LogP contribution in [0.3, 0.4) is 0 Å². The van der Waals surface area contributed by atoms with Crippen LogP contribution in [0.5, 0.6) is 0 Å². The van der Waals surface area contributed by atoms with Gasteiger partial charge in [0.05, 0.1) is 0 Å². The third kappa shape index (κ3) is 3.52. The van der Waals surface area contributed by atoms with Gasteiger partial charge in [0, 0.05) is 24.6 Å². The fourth-order valence-electron chi connectivity index (χ4n) is 1.89. The topological polar surface area (TPSA) is 116 Å². The summed E-state index contributed by atoms with van der Waals surface area (Å²) in [6.07, 6.45) is 2.31. The van der Waals surface area contributed by atoms with Crippen LogP contribution in [0.4, 0.5) is 17.5 Å². The highest BCUT2D eigenvalue weighted by atomic mass is 32.2. The zero-order valence-corrected chi connectivity index (χ0v) is 12.5. The molecule has 0 spiro atoms. The van der Waals surface area contributed by atoms with Gasteiger partial charge in [-0.2, -0.15) is 0 Å². The van der Waals surface area contributed by atoms with Gasteiger partial charge in [-0.25, -0.2) is 19.9 Å². The highest BCUT2D eigenvalue weighted by Gasteiger charge is 2.27. The van der Waals surface area contributed by atoms with Crippen LogP contribution in [0.25, 0.3) is 0 Å². The van der Waals surface area contributed by atoms with Gasteiger partial charge >= 0.3 is 0 Å². The Balaban J connectivity index is 1.89. The second kappa shape index (κ2) is 5.72. The third-order valence-corrected chi connectivity index (χ3v) is 3.74. The number of nitrogens with zero attached hydrogens (tertiary/aromatic N) is 4. The van der Waals surface area contributed by atoms with Gasteiger partial charge in [-0.3, -0.25) is 0 Å². The summed E-state index contributed by atoms with van der Waals surface area (Å²) >= 11 is 1.34. The molecule has 1 saturated carbocycles. The summed E-state index contributed by atoms with van der Waals surface area (Å²) in [5.74, 6) is 2.90. The van der Waals surface area contributed by atoms with E-state index in [-0.39, 0.29) is 0 Å². The molecular formula is C13H17N7S. The lowest BCUT2D eigenvalue weighted by Gasteiger charge is -2.08. The molecule has 8 heteroatoms. The van der Waals surface area contributed by atoms with E-state index in [9.17, 15) is 0 Å². The predicted octanol–water partition coefficient (Wildman–Crippen LogP) is 1.89. The summed E-state index contributed by atoms with van der Waals surface area (Å²) < 4.78 is 0.